The van der Waals surface area contributed by atoms with Crippen LogP contribution in [-0.4, -0.2) is 17.1 Å². The number of pyridine rings is 1. The molecule has 5 heteroatoms. The Morgan fingerprint density at radius 1 is 0.710 bits per heavy atom. The van der Waals surface area contributed by atoms with Crippen LogP contribution in [0.15, 0.2) is 79.0 Å². The quantitative estimate of drug-likeness (QED) is 0.380. The second-order valence-corrected chi connectivity index (χ2v) is 8.13. The molecule has 1 aliphatic rings. The molecule has 2 atom stereocenters. The van der Waals surface area contributed by atoms with Gasteiger partial charge in [0.25, 0.3) is 0 Å². The van der Waals surface area contributed by atoms with Crippen LogP contribution in [0.3, 0.4) is 0 Å². The number of halogens is 1. The second kappa shape index (κ2) is 12.6. The Hall–Kier alpha value is -2.21. The van der Waals surface area contributed by atoms with Crippen molar-refractivity contribution < 1.29 is 0 Å². The minimum absolute atomic E-state index is 0. The van der Waals surface area contributed by atoms with E-state index in [-0.39, 0.29) is 17.0 Å². The fraction of sp³-hybridized carbons (Fsp3) is 0.346. The zero-order valence-corrected chi connectivity index (χ0v) is 19.7. The maximum Gasteiger partial charge on any atom is 0.0541 e. The largest absolute Gasteiger partial charge is 0.381 e. The Kier molecular flexibility index (Phi) is 9.53. The molecule has 0 saturated heterocycles. The summed E-state index contributed by atoms with van der Waals surface area (Å²) in [5.74, 6) is 0. The molecule has 0 amide bonds. The molecule has 1 aliphatic carbocycles. The molecule has 4 rings (SSSR count). The van der Waals surface area contributed by atoms with Crippen molar-refractivity contribution in [3.8, 4) is 0 Å². The molecule has 3 aromatic rings. The SMILES string of the molecule is Br.c1ccc(N[C@H]2CCCC[C@H]2NCc2ccc(CNCc3ccccn3)cc2)cc1. The molecule has 1 heterocycles. The zero-order valence-electron chi connectivity index (χ0n) is 18.0. The van der Waals surface area contributed by atoms with Crippen LogP contribution in [0.2, 0.25) is 0 Å². The Morgan fingerprint density at radius 3 is 2.10 bits per heavy atom. The van der Waals surface area contributed by atoms with Gasteiger partial charge in [-0.15, -0.1) is 17.0 Å². The Labute approximate surface area is 196 Å². The number of hydrogen-bond acceptors (Lipinski definition) is 4. The monoisotopic (exact) mass is 480 g/mol. The standard InChI is InChI=1S/C26H32N4.BrH/c1-2-8-23(9-3-1)30-26-12-5-4-11-25(26)29-19-22-15-13-21(14-16-22)18-27-20-24-10-6-7-17-28-24;/h1-3,6-10,13-17,25-27,29-30H,4-5,11-12,18-20H2;1H/t25-,26+;/m1./s1. The minimum Gasteiger partial charge on any atom is -0.381 e. The predicted molar refractivity (Wildman–Crippen MR) is 134 cm³/mol. The van der Waals surface area contributed by atoms with Gasteiger partial charge in [-0.05, 0) is 48.2 Å². The molecule has 1 fully saturated rings. The number of anilines is 1. The lowest BCUT2D eigenvalue weighted by Crippen LogP contribution is -2.45. The van der Waals surface area contributed by atoms with Gasteiger partial charge in [0.15, 0.2) is 0 Å². The smallest absolute Gasteiger partial charge is 0.0541 e. The number of aromatic nitrogens is 1. The van der Waals surface area contributed by atoms with Crippen molar-refractivity contribution in [1.29, 1.82) is 0 Å². The van der Waals surface area contributed by atoms with Gasteiger partial charge in [-0.25, -0.2) is 0 Å². The number of nitrogens with zero attached hydrogens (tertiary/aromatic N) is 1. The minimum atomic E-state index is 0. The third-order valence-electron chi connectivity index (χ3n) is 5.84. The van der Waals surface area contributed by atoms with Crippen LogP contribution in [0.1, 0.15) is 42.5 Å². The molecule has 4 nitrogen and oxygen atoms in total. The van der Waals surface area contributed by atoms with Gasteiger partial charge in [0.2, 0.25) is 0 Å². The summed E-state index contributed by atoms with van der Waals surface area (Å²) in [5.41, 5.74) is 4.94. The highest BCUT2D eigenvalue weighted by atomic mass is 79.9. The molecule has 164 valence electrons. The van der Waals surface area contributed by atoms with Gasteiger partial charge in [-0.3, -0.25) is 4.98 Å². The summed E-state index contributed by atoms with van der Waals surface area (Å²) in [5, 5.41) is 11.0. The molecule has 0 bridgehead atoms. The third kappa shape index (κ3) is 7.46. The van der Waals surface area contributed by atoms with E-state index in [1.165, 1.54) is 42.5 Å². The summed E-state index contributed by atoms with van der Waals surface area (Å²) < 4.78 is 0. The summed E-state index contributed by atoms with van der Waals surface area (Å²) in [4.78, 5) is 4.35. The first-order chi connectivity index (χ1) is 14.9. The van der Waals surface area contributed by atoms with E-state index in [1.807, 2.05) is 24.4 Å². The maximum atomic E-state index is 4.35. The number of rotatable bonds is 9. The summed E-state index contributed by atoms with van der Waals surface area (Å²) in [6.45, 7) is 2.57. The van der Waals surface area contributed by atoms with Crippen LogP contribution in [0.5, 0.6) is 0 Å². The molecule has 0 aliphatic heterocycles. The zero-order chi connectivity index (χ0) is 20.4. The number of nitrogens with one attached hydrogen (secondary N) is 3. The molecule has 0 spiro atoms. The van der Waals surface area contributed by atoms with Gasteiger partial charge < -0.3 is 16.0 Å². The Bertz CT molecular complexity index is 871. The fourth-order valence-electron chi connectivity index (χ4n) is 4.16. The first-order valence-electron chi connectivity index (χ1n) is 11.1. The Balaban J connectivity index is 0.00000272. The van der Waals surface area contributed by atoms with E-state index in [9.17, 15) is 0 Å². The molecular weight excluding hydrogens is 448 g/mol. The first kappa shape index (κ1) is 23.5. The van der Waals surface area contributed by atoms with E-state index >= 15 is 0 Å². The van der Waals surface area contributed by atoms with Crippen molar-refractivity contribution in [2.45, 2.75) is 57.4 Å². The van der Waals surface area contributed by atoms with Gasteiger partial charge >= 0.3 is 0 Å². The highest BCUT2D eigenvalue weighted by Crippen LogP contribution is 2.22. The average Bonchev–Trinajstić information content (AvgIpc) is 2.81. The summed E-state index contributed by atoms with van der Waals surface area (Å²) >= 11 is 0. The molecule has 3 N–H and O–H groups in total. The molecule has 2 aromatic carbocycles. The topological polar surface area (TPSA) is 49.0 Å². The van der Waals surface area contributed by atoms with Crippen molar-refractivity contribution in [2.24, 2.45) is 0 Å². The first-order valence-corrected chi connectivity index (χ1v) is 11.1. The van der Waals surface area contributed by atoms with E-state index in [4.69, 9.17) is 0 Å². The third-order valence-corrected chi connectivity index (χ3v) is 5.84. The summed E-state index contributed by atoms with van der Waals surface area (Å²) in [6, 6.07) is 26.6. The van der Waals surface area contributed by atoms with Crippen molar-refractivity contribution in [3.05, 3.63) is 95.8 Å². The predicted octanol–water partition coefficient (Wildman–Crippen LogP) is 5.46. The molecule has 0 unspecified atom stereocenters. The molecule has 0 radical (unpaired) electrons. The van der Waals surface area contributed by atoms with Crippen LogP contribution in [0.4, 0.5) is 5.69 Å². The van der Waals surface area contributed by atoms with Crippen molar-refractivity contribution in [2.75, 3.05) is 5.32 Å². The van der Waals surface area contributed by atoms with Crippen LogP contribution in [-0.2, 0) is 19.6 Å². The fourth-order valence-corrected chi connectivity index (χ4v) is 4.16. The van der Waals surface area contributed by atoms with E-state index in [2.05, 4.69) is 75.5 Å². The Morgan fingerprint density at radius 2 is 1.39 bits per heavy atom. The van der Waals surface area contributed by atoms with Crippen LogP contribution in [0.25, 0.3) is 0 Å². The highest BCUT2D eigenvalue weighted by molar-refractivity contribution is 8.93. The van der Waals surface area contributed by atoms with Crippen LogP contribution >= 0.6 is 17.0 Å². The molecular formula is C26H33BrN4. The van der Waals surface area contributed by atoms with Crippen LogP contribution in [0, 0.1) is 0 Å². The summed E-state index contributed by atoms with van der Waals surface area (Å²) in [6.07, 6.45) is 6.92. The number of para-hydroxylation sites is 1. The van der Waals surface area contributed by atoms with E-state index < -0.39 is 0 Å². The van der Waals surface area contributed by atoms with E-state index in [0.29, 0.717) is 12.1 Å². The van der Waals surface area contributed by atoms with E-state index in [1.54, 1.807) is 0 Å². The van der Waals surface area contributed by atoms with Gasteiger partial charge in [-0.2, -0.15) is 0 Å². The maximum absolute atomic E-state index is 4.35. The van der Waals surface area contributed by atoms with Crippen LogP contribution < -0.4 is 16.0 Å². The average molecular weight is 481 g/mol. The second-order valence-electron chi connectivity index (χ2n) is 8.13. The van der Waals surface area contributed by atoms with Crippen molar-refractivity contribution in [1.82, 2.24) is 15.6 Å². The lowest BCUT2D eigenvalue weighted by Gasteiger charge is -2.33. The highest BCUT2D eigenvalue weighted by Gasteiger charge is 2.24. The molecule has 31 heavy (non-hydrogen) atoms. The summed E-state index contributed by atoms with van der Waals surface area (Å²) in [7, 11) is 0. The van der Waals surface area contributed by atoms with Gasteiger partial charge in [0, 0.05) is 43.6 Å². The lowest BCUT2D eigenvalue weighted by molar-refractivity contribution is 0.342. The van der Waals surface area contributed by atoms with Crippen molar-refractivity contribution >= 4 is 22.7 Å². The lowest BCUT2D eigenvalue weighted by atomic mass is 9.90. The molecule has 1 saturated carbocycles. The number of hydrogen-bond donors (Lipinski definition) is 3. The van der Waals surface area contributed by atoms with Gasteiger partial charge in [0.05, 0.1) is 5.69 Å². The molecule has 1 aromatic heterocycles. The number of benzene rings is 2. The van der Waals surface area contributed by atoms with Crippen molar-refractivity contribution in [3.63, 3.8) is 0 Å². The van der Waals surface area contributed by atoms with E-state index in [0.717, 1.165) is 25.3 Å². The van der Waals surface area contributed by atoms with Gasteiger partial charge in [0.1, 0.15) is 0 Å². The van der Waals surface area contributed by atoms with Gasteiger partial charge in [-0.1, -0.05) is 61.4 Å². The normalized spacial score (nSPS) is 18.2.